The molecule has 0 atom stereocenters. The van der Waals surface area contributed by atoms with Gasteiger partial charge in [0.1, 0.15) is 5.82 Å². The Bertz CT molecular complexity index is 423. The highest BCUT2D eigenvalue weighted by atomic mass is 19.1. The standard InChI is InChI=1S/C14H22FN3O/c1-11-4-5-12(8-13(11)15)9-17-14(19)10-18(3)7-6-16-2/h4-5,8,16H,6-7,9-10H2,1-3H3,(H,17,19). The SMILES string of the molecule is CNCCN(C)CC(=O)NCc1ccc(C)c(F)c1. The topological polar surface area (TPSA) is 44.4 Å². The van der Waals surface area contributed by atoms with Crippen LogP contribution in [0.2, 0.25) is 0 Å². The van der Waals surface area contributed by atoms with E-state index in [4.69, 9.17) is 0 Å². The Balaban J connectivity index is 2.35. The van der Waals surface area contributed by atoms with Crippen LogP contribution in [0.1, 0.15) is 11.1 Å². The fourth-order valence-electron chi connectivity index (χ4n) is 1.63. The van der Waals surface area contributed by atoms with E-state index in [1.807, 2.05) is 25.1 Å². The average molecular weight is 267 g/mol. The normalized spacial score (nSPS) is 10.8. The summed E-state index contributed by atoms with van der Waals surface area (Å²) in [6.45, 7) is 4.07. The number of aryl methyl sites for hydroxylation is 1. The summed E-state index contributed by atoms with van der Waals surface area (Å²) in [4.78, 5) is 13.6. The number of nitrogens with zero attached hydrogens (tertiary/aromatic N) is 1. The highest BCUT2D eigenvalue weighted by molar-refractivity contribution is 5.77. The van der Waals surface area contributed by atoms with Crippen molar-refractivity contribution in [1.29, 1.82) is 0 Å². The van der Waals surface area contributed by atoms with Crippen LogP contribution in [0, 0.1) is 12.7 Å². The number of benzene rings is 1. The van der Waals surface area contributed by atoms with Gasteiger partial charge in [-0.2, -0.15) is 0 Å². The third-order valence-corrected chi connectivity index (χ3v) is 2.88. The Hall–Kier alpha value is -1.46. The average Bonchev–Trinajstić information content (AvgIpc) is 2.38. The maximum absolute atomic E-state index is 13.3. The first-order chi connectivity index (χ1) is 9.02. The predicted molar refractivity (Wildman–Crippen MR) is 74.4 cm³/mol. The third kappa shape index (κ3) is 5.81. The molecule has 5 heteroatoms. The van der Waals surface area contributed by atoms with E-state index >= 15 is 0 Å². The molecule has 0 unspecified atom stereocenters. The molecular weight excluding hydrogens is 245 g/mol. The molecule has 0 aromatic heterocycles. The molecule has 1 rings (SSSR count). The number of rotatable bonds is 7. The number of carbonyl (C=O) groups excluding carboxylic acids is 1. The molecule has 0 fully saturated rings. The molecule has 0 saturated carbocycles. The lowest BCUT2D eigenvalue weighted by atomic mass is 10.1. The second kappa shape index (κ2) is 7.86. The van der Waals surface area contributed by atoms with Crippen LogP contribution in [0.25, 0.3) is 0 Å². The van der Waals surface area contributed by atoms with Crippen molar-refractivity contribution < 1.29 is 9.18 Å². The molecule has 106 valence electrons. The summed E-state index contributed by atoms with van der Waals surface area (Å²) < 4.78 is 13.3. The molecule has 0 saturated heterocycles. The Morgan fingerprint density at radius 3 is 2.79 bits per heavy atom. The lowest BCUT2D eigenvalue weighted by molar-refractivity contribution is -0.122. The van der Waals surface area contributed by atoms with Gasteiger partial charge >= 0.3 is 0 Å². The van der Waals surface area contributed by atoms with Gasteiger partial charge in [-0.1, -0.05) is 12.1 Å². The Labute approximate surface area is 114 Å². The van der Waals surface area contributed by atoms with Crippen molar-refractivity contribution in [2.45, 2.75) is 13.5 Å². The Morgan fingerprint density at radius 2 is 2.16 bits per heavy atom. The van der Waals surface area contributed by atoms with Crippen molar-refractivity contribution in [3.63, 3.8) is 0 Å². The van der Waals surface area contributed by atoms with Gasteiger partial charge in [-0.25, -0.2) is 4.39 Å². The van der Waals surface area contributed by atoms with Crippen molar-refractivity contribution in [2.24, 2.45) is 0 Å². The minimum absolute atomic E-state index is 0.0559. The maximum Gasteiger partial charge on any atom is 0.234 e. The van der Waals surface area contributed by atoms with E-state index in [-0.39, 0.29) is 11.7 Å². The first kappa shape index (κ1) is 15.6. The second-order valence-corrected chi connectivity index (χ2v) is 4.70. The molecule has 4 nitrogen and oxygen atoms in total. The minimum atomic E-state index is -0.238. The quantitative estimate of drug-likeness (QED) is 0.771. The van der Waals surface area contributed by atoms with Crippen molar-refractivity contribution in [2.75, 3.05) is 33.7 Å². The number of hydrogen-bond donors (Lipinski definition) is 2. The highest BCUT2D eigenvalue weighted by Crippen LogP contribution is 2.08. The number of amides is 1. The Kier molecular flexibility index (Phi) is 6.45. The number of nitrogens with one attached hydrogen (secondary N) is 2. The zero-order chi connectivity index (χ0) is 14.3. The summed E-state index contributed by atoms with van der Waals surface area (Å²) in [5.74, 6) is -0.294. The fourth-order valence-corrected chi connectivity index (χ4v) is 1.63. The van der Waals surface area contributed by atoms with Crippen LogP contribution >= 0.6 is 0 Å². The largest absolute Gasteiger partial charge is 0.351 e. The van der Waals surface area contributed by atoms with E-state index < -0.39 is 0 Å². The van der Waals surface area contributed by atoms with E-state index in [1.165, 1.54) is 6.07 Å². The number of likely N-dealkylation sites (N-methyl/N-ethyl adjacent to an activating group) is 2. The minimum Gasteiger partial charge on any atom is -0.351 e. The van der Waals surface area contributed by atoms with E-state index in [1.54, 1.807) is 13.0 Å². The van der Waals surface area contributed by atoms with Crippen molar-refractivity contribution >= 4 is 5.91 Å². The highest BCUT2D eigenvalue weighted by Gasteiger charge is 2.06. The van der Waals surface area contributed by atoms with Gasteiger partial charge in [0.2, 0.25) is 5.91 Å². The zero-order valence-corrected chi connectivity index (χ0v) is 11.8. The van der Waals surface area contributed by atoms with Gasteiger partial charge in [-0.3, -0.25) is 9.69 Å². The molecule has 0 aliphatic carbocycles. The van der Waals surface area contributed by atoms with Gasteiger partial charge in [0.25, 0.3) is 0 Å². The van der Waals surface area contributed by atoms with Gasteiger partial charge in [0, 0.05) is 19.6 Å². The molecule has 2 N–H and O–H groups in total. The van der Waals surface area contributed by atoms with E-state index in [0.29, 0.717) is 18.7 Å². The van der Waals surface area contributed by atoms with Crippen LogP contribution in [0.4, 0.5) is 4.39 Å². The second-order valence-electron chi connectivity index (χ2n) is 4.70. The number of hydrogen-bond acceptors (Lipinski definition) is 3. The fraction of sp³-hybridized carbons (Fsp3) is 0.500. The summed E-state index contributed by atoms with van der Waals surface area (Å²) in [6.07, 6.45) is 0. The summed E-state index contributed by atoms with van der Waals surface area (Å²) >= 11 is 0. The predicted octanol–water partition coefficient (Wildman–Crippen LogP) is 0.902. The van der Waals surface area contributed by atoms with Gasteiger partial charge in [-0.05, 0) is 38.2 Å². The summed E-state index contributed by atoms with van der Waals surface area (Å²) in [6, 6.07) is 5.00. The Morgan fingerprint density at radius 1 is 1.42 bits per heavy atom. The summed E-state index contributed by atoms with van der Waals surface area (Å²) in [7, 11) is 3.77. The van der Waals surface area contributed by atoms with E-state index in [2.05, 4.69) is 10.6 Å². The molecule has 0 aliphatic rings. The van der Waals surface area contributed by atoms with Gasteiger partial charge in [0.15, 0.2) is 0 Å². The lowest BCUT2D eigenvalue weighted by Gasteiger charge is -2.15. The molecule has 0 spiro atoms. The molecule has 19 heavy (non-hydrogen) atoms. The molecule has 0 bridgehead atoms. The molecule has 1 amide bonds. The first-order valence-electron chi connectivity index (χ1n) is 6.38. The third-order valence-electron chi connectivity index (χ3n) is 2.88. The zero-order valence-electron chi connectivity index (χ0n) is 11.8. The van der Waals surface area contributed by atoms with Gasteiger partial charge in [-0.15, -0.1) is 0 Å². The maximum atomic E-state index is 13.3. The molecular formula is C14H22FN3O. The van der Waals surface area contributed by atoms with Crippen molar-refractivity contribution in [3.8, 4) is 0 Å². The molecule has 0 heterocycles. The molecule has 1 aromatic rings. The molecule has 0 aliphatic heterocycles. The lowest BCUT2D eigenvalue weighted by Crippen LogP contribution is -2.37. The monoisotopic (exact) mass is 267 g/mol. The molecule has 0 radical (unpaired) electrons. The summed E-state index contributed by atoms with van der Waals surface area (Å²) in [5, 5.41) is 5.81. The van der Waals surface area contributed by atoms with Gasteiger partial charge < -0.3 is 10.6 Å². The molecule has 1 aromatic carbocycles. The number of carbonyl (C=O) groups is 1. The van der Waals surface area contributed by atoms with Crippen molar-refractivity contribution in [1.82, 2.24) is 15.5 Å². The van der Waals surface area contributed by atoms with Crippen LogP contribution in [0.3, 0.4) is 0 Å². The number of halogens is 1. The van der Waals surface area contributed by atoms with Crippen molar-refractivity contribution in [3.05, 3.63) is 35.1 Å². The van der Waals surface area contributed by atoms with Crippen LogP contribution in [0.15, 0.2) is 18.2 Å². The summed E-state index contributed by atoms with van der Waals surface area (Å²) in [5.41, 5.74) is 1.39. The van der Waals surface area contributed by atoms with E-state index in [9.17, 15) is 9.18 Å². The smallest absolute Gasteiger partial charge is 0.234 e. The van der Waals surface area contributed by atoms with Crippen LogP contribution in [-0.2, 0) is 11.3 Å². The van der Waals surface area contributed by atoms with E-state index in [0.717, 1.165) is 18.7 Å². The first-order valence-corrected chi connectivity index (χ1v) is 6.38. The van der Waals surface area contributed by atoms with Crippen LogP contribution < -0.4 is 10.6 Å². The van der Waals surface area contributed by atoms with Crippen LogP contribution in [-0.4, -0.2) is 44.5 Å². The van der Waals surface area contributed by atoms with Gasteiger partial charge in [0.05, 0.1) is 6.54 Å². The van der Waals surface area contributed by atoms with Crippen LogP contribution in [0.5, 0.6) is 0 Å².